The van der Waals surface area contributed by atoms with Crippen molar-refractivity contribution in [2.24, 2.45) is 0 Å². The third-order valence-electron chi connectivity index (χ3n) is 3.75. The molecule has 0 spiro atoms. The van der Waals surface area contributed by atoms with Crippen LogP contribution in [0.5, 0.6) is 23.0 Å². The predicted molar refractivity (Wildman–Crippen MR) is 75.7 cm³/mol. The maximum atomic E-state index is 10.0. The summed E-state index contributed by atoms with van der Waals surface area (Å²) in [5, 5.41) is 23.6. The molecule has 0 saturated heterocycles. The van der Waals surface area contributed by atoms with Gasteiger partial charge in [0.25, 0.3) is 0 Å². The molecule has 1 aliphatic heterocycles. The fourth-order valence-electron chi connectivity index (χ4n) is 2.96. The molecule has 0 fully saturated rings. The highest BCUT2D eigenvalue weighted by molar-refractivity contribution is 6.14. The van der Waals surface area contributed by atoms with Gasteiger partial charge in [0.15, 0.2) is 11.5 Å². The van der Waals surface area contributed by atoms with Gasteiger partial charge in [-0.2, -0.15) is 0 Å². The number of phenolic OH excluding ortho intramolecular Hbond substituents is 2. The average molecular weight is 268 g/mol. The van der Waals surface area contributed by atoms with Crippen LogP contribution in [0.15, 0.2) is 30.3 Å². The lowest BCUT2D eigenvalue weighted by atomic mass is 9.94. The second kappa shape index (κ2) is 3.70. The van der Waals surface area contributed by atoms with Gasteiger partial charge in [-0.15, -0.1) is 0 Å². The van der Waals surface area contributed by atoms with Crippen LogP contribution in [0.3, 0.4) is 0 Å². The number of benzene rings is 3. The third-order valence-corrected chi connectivity index (χ3v) is 3.75. The van der Waals surface area contributed by atoms with E-state index in [1.54, 1.807) is 18.2 Å². The summed E-state index contributed by atoms with van der Waals surface area (Å²) in [4.78, 5) is 0. The minimum absolute atomic E-state index is 0.0663. The fraction of sp³-hybridized carbons (Fsp3) is 0.125. The molecule has 0 aromatic heterocycles. The molecule has 1 heterocycles. The van der Waals surface area contributed by atoms with Crippen LogP contribution in [0, 0.1) is 0 Å². The first-order valence-corrected chi connectivity index (χ1v) is 6.30. The molecule has 3 aromatic carbocycles. The second-order valence-electron chi connectivity index (χ2n) is 4.91. The van der Waals surface area contributed by atoms with E-state index >= 15 is 0 Å². The fourth-order valence-corrected chi connectivity index (χ4v) is 2.96. The largest absolute Gasteiger partial charge is 0.508 e. The molecule has 0 radical (unpaired) electrons. The van der Waals surface area contributed by atoms with Gasteiger partial charge in [-0.25, -0.2) is 0 Å². The normalized spacial score (nSPS) is 12.8. The van der Waals surface area contributed by atoms with Gasteiger partial charge in [0.2, 0.25) is 5.75 Å². The lowest BCUT2D eigenvalue weighted by molar-refractivity contribution is 0.279. The molecule has 100 valence electrons. The molecular weight excluding hydrogens is 256 g/mol. The van der Waals surface area contributed by atoms with Gasteiger partial charge in [0.05, 0.1) is 7.11 Å². The van der Waals surface area contributed by atoms with Crippen LogP contribution in [-0.4, -0.2) is 17.3 Å². The number of aromatic hydroxyl groups is 2. The Morgan fingerprint density at radius 3 is 2.55 bits per heavy atom. The Labute approximate surface area is 114 Å². The van der Waals surface area contributed by atoms with Crippen molar-refractivity contribution >= 4 is 21.5 Å². The number of hydrogen-bond acceptors (Lipinski definition) is 4. The Kier molecular flexibility index (Phi) is 2.07. The summed E-state index contributed by atoms with van der Waals surface area (Å²) in [7, 11) is 1.51. The van der Waals surface area contributed by atoms with Crippen LogP contribution in [0.4, 0.5) is 0 Å². The van der Waals surface area contributed by atoms with E-state index in [0.29, 0.717) is 18.1 Å². The van der Waals surface area contributed by atoms with Crippen LogP contribution in [0.2, 0.25) is 0 Å². The lowest BCUT2D eigenvalue weighted by Crippen LogP contribution is -2.04. The minimum atomic E-state index is 0.0663. The van der Waals surface area contributed by atoms with E-state index in [9.17, 15) is 10.2 Å². The molecule has 2 N–H and O–H groups in total. The van der Waals surface area contributed by atoms with Crippen LogP contribution in [0.1, 0.15) is 5.56 Å². The smallest absolute Gasteiger partial charge is 0.203 e. The second-order valence-corrected chi connectivity index (χ2v) is 4.91. The maximum absolute atomic E-state index is 10.0. The van der Waals surface area contributed by atoms with Crippen LogP contribution < -0.4 is 9.47 Å². The number of rotatable bonds is 1. The van der Waals surface area contributed by atoms with Crippen molar-refractivity contribution in [1.82, 2.24) is 0 Å². The molecule has 0 unspecified atom stereocenters. The van der Waals surface area contributed by atoms with E-state index in [-0.39, 0.29) is 11.5 Å². The molecule has 0 saturated carbocycles. The molecule has 0 bridgehead atoms. The van der Waals surface area contributed by atoms with Crippen molar-refractivity contribution in [1.29, 1.82) is 0 Å². The van der Waals surface area contributed by atoms with Gasteiger partial charge < -0.3 is 19.7 Å². The molecule has 3 aromatic rings. The van der Waals surface area contributed by atoms with Gasteiger partial charge in [0.1, 0.15) is 12.4 Å². The van der Waals surface area contributed by atoms with Gasteiger partial charge in [-0.3, -0.25) is 0 Å². The van der Waals surface area contributed by atoms with Crippen molar-refractivity contribution in [3.63, 3.8) is 0 Å². The minimum Gasteiger partial charge on any atom is -0.508 e. The van der Waals surface area contributed by atoms with Crippen molar-refractivity contribution in [2.75, 3.05) is 7.11 Å². The summed E-state index contributed by atoms with van der Waals surface area (Å²) in [6.45, 7) is 0.344. The van der Waals surface area contributed by atoms with E-state index < -0.39 is 0 Å². The van der Waals surface area contributed by atoms with E-state index in [1.807, 2.05) is 12.1 Å². The highest BCUT2D eigenvalue weighted by atomic mass is 16.5. The average Bonchev–Trinajstić information content (AvgIpc) is 2.43. The standard InChI is InChI=1S/C16H12O4/c1-19-15-12(18)6-9-3-2-8-4-11(17)5-10-7-20-16(15)14(9)13(8)10/h2-6,17-18H,7H2,1H3. The molecule has 4 nitrogen and oxygen atoms in total. The van der Waals surface area contributed by atoms with E-state index in [2.05, 4.69) is 0 Å². The Morgan fingerprint density at radius 2 is 1.80 bits per heavy atom. The van der Waals surface area contributed by atoms with E-state index in [1.165, 1.54) is 7.11 Å². The summed E-state index contributed by atoms with van der Waals surface area (Å²) in [5.74, 6) is 1.20. The summed E-state index contributed by atoms with van der Waals surface area (Å²) >= 11 is 0. The maximum Gasteiger partial charge on any atom is 0.203 e. The number of hydrogen-bond donors (Lipinski definition) is 2. The van der Waals surface area contributed by atoms with Crippen LogP contribution in [-0.2, 0) is 6.61 Å². The molecule has 4 rings (SSSR count). The molecular formula is C16H12O4. The Hall–Kier alpha value is -2.62. The van der Waals surface area contributed by atoms with E-state index in [0.717, 1.165) is 27.1 Å². The zero-order valence-electron chi connectivity index (χ0n) is 10.8. The first kappa shape index (κ1) is 11.2. The van der Waals surface area contributed by atoms with E-state index in [4.69, 9.17) is 9.47 Å². The highest BCUT2D eigenvalue weighted by Crippen LogP contribution is 2.49. The molecule has 0 atom stereocenters. The molecule has 1 aliphatic rings. The number of ether oxygens (including phenoxy) is 2. The first-order chi connectivity index (χ1) is 9.69. The van der Waals surface area contributed by atoms with Gasteiger partial charge >= 0.3 is 0 Å². The topological polar surface area (TPSA) is 58.9 Å². The van der Waals surface area contributed by atoms with Crippen molar-refractivity contribution in [3.05, 3.63) is 35.9 Å². The van der Waals surface area contributed by atoms with Gasteiger partial charge in [-0.1, -0.05) is 12.1 Å². The molecule has 4 heteroatoms. The van der Waals surface area contributed by atoms with Crippen LogP contribution in [0.25, 0.3) is 21.5 Å². The predicted octanol–water partition coefficient (Wildman–Crippen LogP) is 3.31. The number of phenols is 2. The van der Waals surface area contributed by atoms with Crippen molar-refractivity contribution < 1.29 is 19.7 Å². The van der Waals surface area contributed by atoms with Crippen molar-refractivity contribution in [3.8, 4) is 23.0 Å². The molecule has 20 heavy (non-hydrogen) atoms. The summed E-state index contributed by atoms with van der Waals surface area (Å²) in [5.41, 5.74) is 0.936. The molecule has 0 aliphatic carbocycles. The summed E-state index contributed by atoms with van der Waals surface area (Å²) in [6, 6.07) is 8.94. The zero-order chi connectivity index (χ0) is 13.9. The lowest BCUT2D eigenvalue weighted by Gasteiger charge is -2.22. The Bertz CT molecular complexity index is 868. The highest BCUT2D eigenvalue weighted by Gasteiger charge is 2.23. The third kappa shape index (κ3) is 1.30. The monoisotopic (exact) mass is 268 g/mol. The van der Waals surface area contributed by atoms with Gasteiger partial charge in [-0.05, 0) is 29.0 Å². The van der Waals surface area contributed by atoms with Gasteiger partial charge in [0, 0.05) is 16.3 Å². The Morgan fingerprint density at radius 1 is 1.05 bits per heavy atom. The Balaban J connectivity index is 2.29. The van der Waals surface area contributed by atoms with Crippen LogP contribution >= 0.6 is 0 Å². The quantitative estimate of drug-likeness (QED) is 0.665. The van der Waals surface area contributed by atoms with Crippen molar-refractivity contribution in [2.45, 2.75) is 6.61 Å². The molecule has 0 amide bonds. The first-order valence-electron chi connectivity index (χ1n) is 6.30. The number of methoxy groups -OCH3 is 1. The summed E-state index contributed by atoms with van der Waals surface area (Å²) in [6.07, 6.45) is 0. The zero-order valence-corrected chi connectivity index (χ0v) is 10.8. The summed E-state index contributed by atoms with van der Waals surface area (Å²) < 4.78 is 11.0. The SMILES string of the molecule is COc1c(O)cc2ccc3cc(O)cc4c3c2c1OC4.